The molecule has 1 N–H and O–H groups in total. The minimum absolute atomic E-state index is 0.0667. The maximum absolute atomic E-state index is 13.7. The highest BCUT2D eigenvalue weighted by Gasteiger charge is 2.34. The first-order valence-electron chi connectivity index (χ1n) is 12.0. The molecule has 3 heterocycles. The summed E-state index contributed by atoms with van der Waals surface area (Å²) in [6, 6.07) is 4.45. The summed E-state index contributed by atoms with van der Waals surface area (Å²) in [5, 5.41) is 2.78. The normalized spacial score (nSPS) is 25.3. The number of carbonyl (C=O) groups excluding carboxylic acids is 1. The standard InChI is InChI=1S/C23H35N3O5S2/c1-17-5-10-25(11-6-17)21-4-3-19(23(27)24-20-9-14-32(28,29)16-20)15-22(21)33(30,31)26-12-7-18(2)8-13-26/h3-4,15,17-18,20H,5-14,16H2,1-2H3,(H,24,27)/t20-/m0/s1. The predicted molar refractivity (Wildman–Crippen MR) is 129 cm³/mol. The zero-order valence-electron chi connectivity index (χ0n) is 19.5. The Balaban J connectivity index is 1.64. The van der Waals surface area contributed by atoms with Crippen molar-refractivity contribution < 1.29 is 21.6 Å². The molecule has 4 rings (SSSR count). The summed E-state index contributed by atoms with van der Waals surface area (Å²) < 4.78 is 52.5. The monoisotopic (exact) mass is 497 g/mol. The number of piperidine rings is 2. The zero-order chi connectivity index (χ0) is 23.8. The summed E-state index contributed by atoms with van der Waals surface area (Å²) in [6.07, 6.45) is 4.03. The van der Waals surface area contributed by atoms with Gasteiger partial charge in [0.1, 0.15) is 4.90 Å². The third kappa shape index (κ3) is 5.54. The molecule has 1 amide bonds. The molecule has 0 bridgehead atoms. The number of hydrogen-bond acceptors (Lipinski definition) is 6. The van der Waals surface area contributed by atoms with E-state index in [1.54, 1.807) is 16.4 Å². The molecule has 8 nitrogen and oxygen atoms in total. The molecule has 1 atom stereocenters. The lowest BCUT2D eigenvalue weighted by atomic mass is 9.98. The molecule has 0 unspecified atom stereocenters. The molecule has 1 aromatic carbocycles. The molecule has 0 radical (unpaired) electrons. The van der Waals surface area contributed by atoms with Crippen LogP contribution in [0.4, 0.5) is 5.69 Å². The Morgan fingerprint density at radius 2 is 1.58 bits per heavy atom. The molecule has 33 heavy (non-hydrogen) atoms. The van der Waals surface area contributed by atoms with E-state index in [4.69, 9.17) is 0 Å². The van der Waals surface area contributed by atoms with E-state index < -0.39 is 31.8 Å². The van der Waals surface area contributed by atoms with E-state index in [0.717, 1.165) is 38.8 Å². The predicted octanol–water partition coefficient (Wildman–Crippen LogP) is 2.26. The number of nitrogens with one attached hydrogen (secondary N) is 1. The summed E-state index contributed by atoms with van der Waals surface area (Å²) in [6.45, 7) is 6.88. The fourth-order valence-corrected chi connectivity index (χ4v) is 8.30. The van der Waals surface area contributed by atoms with Crippen molar-refractivity contribution in [2.45, 2.75) is 56.9 Å². The first kappa shape index (κ1) is 24.5. The maximum atomic E-state index is 13.7. The van der Waals surface area contributed by atoms with E-state index in [1.165, 1.54) is 6.07 Å². The highest BCUT2D eigenvalue weighted by Crippen LogP contribution is 2.33. The number of anilines is 1. The Labute approximate surface area is 197 Å². The van der Waals surface area contributed by atoms with Crippen LogP contribution in [0.2, 0.25) is 0 Å². The van der Waals surface area contributed by atoms with E-state index in [1.807, 2.05) is 0 Å². The lowest BCUT2D eigenvalue weighted by Crippen LogP contribution is -2.40. The van der Waals surface area contributed by atoms with E-state index in [9.17, 15) is 21.6 Å². The minimum atomic E-state index is -3.77. The molecule has 3 aliphatic heterocycles. The van der Waals surface area contributed by atoms with Gasteiger partial charge in [-0.05, 0) is 62.1 Å². The van der Waals surface area contributed by atoms with Crippen LogP contribution in [0.5, 0.6) is 0 Å². The number of amides is 1. The fourth-order valence-electron chi connectivity index (χ4n) is 4.91. The lowest BCUT2D eigenvalue weighted by Gasteiger charge is -2.35. The molecule has 3 aliphatic rings. The summed E-state index contributed by atoms with van der Waals surface area (Å²) in [5.41, 5.74) is 0.901. The molecule has 0 spiro atoms. The lowest BCUT2D eigenvalue weighted by molar-refractivity contribution is 0.0941. The van der Waals surface area contributed by atoms with Gasteiger partial charge >= 0.3 is 0 Å². The van der Waals surface area contributed by atoms with Crippen molar-refractivity contribution in [3.8, 4) is 0 Å². The van der Waals surface area contributed by atoms with Crippen molar-refractivity contribution in [3.63, 3.8) is 0 Å². The topological polar surface area (TPSA) is 104 Å². The first-order chi connectivity index (χ1) is 15.5. The molecule has 10 heteroatoms. The van der Waals surface area contributed by atoms with Gasteiger partial charge in [0.2, 0.25) is 10.0 Å². The van der Waals surface area contributed by atoms with Gasteiger partial charge < -0.3 is 10.2 Å². The number of benzene rings is 1. The number of rotatable bonds is 5. The number of carbonyl (C=O) groups is 1. The van der Waals surface area contributed by atoms with E-state index in [0.29, 0.717) is 37.0 Å². The molecule has 3 saturated heterocycles. The van der Waals surface area contributed by atoms with Crippen LogP contribution in [0.15, 0.2) is 23.1 Å². The van der Waals surface area contributed by atoms with Crippen molar-refractivity contribution >= 4 is 31.5 Å². The first-order valence-corrected chi connectivity index (χ1v) is 15.2. The Morgan fingerprint density at radius 1 is 0.970 bits per heavy atom. The van der Waals surface area contributed by atoms with Crippen molar-refractivity contribution in [3.05, 3.63) is 23.8 Å². The molecule has 3 fully saturated rings. The largest absolute Gasteiger partial charge is 0.370 e. The van der Waals surface area contributed by atoms with Crippen LogP contribution < -0.4 is 10.2 Å². The van der Waals surface area contributed by atoms with Gasteiger partial charge in [0.25, 0.3) is 5.91 Å². The van der Waals surface area contributed by atoms with Crippen LogP contribution in [0.25, 0.3) is 0 Å². The van der Waals surface area contributed by atoms with Crippen LogP contribution in [-0.2, 0) is 19.9 Å². The quantitative estimate of drug-likeness (QED) is 0.669. The molecular formula is C23H35N3O5S2. The highest BCUT2D eigenvalue weighted by atomic mass is 32.2. The fraction of sp³-hybridized carbons (Fsp3) is 0.696. The van der Waals surface area contributed by atoms with Crippen LogP contribution in [-0.4, -0.2) is 70.8 Å². The second-order valence-electron chi connectivity index (χ2n) is 10.0. The Hall–Kier alpha value is -1.65. The second-order valence-corrected chi connectivity index (χ2v) is 14.1. The summed E-state index contributed by atoms with van der Waals surface area (Å²) in [4.78, 5) is 15.2. The van der Waals surface area contributed by atoms with Gasteiger partial charge in [0.15, 0.2) is 9.84 Å². The van der Waals surface area contributed by atoms with Gasteiger partial charge in [-0.3, -0.25) is 4.79 Å². The van der Waals surface area contributed by atoms with Crippen LogP contribution >= 0.6 is 0 Å². The van der Waals surface area contributed by atoms with Crippen molar-refractivity contribution in [1.82, 2.24) is 9.62 Å². The summed E-state index contributed by atoms with van der Waals surface area (Å²) >= 11 is 0. The van der Waals surface area contributed by atoms with E-state index in [-0.39, 0.29) is 22.0 Å². The molecule has 1 aromatic rings. The van der Waals surface area contributed by atoms with Crippen molar-refractivity contribution in [2.24, 2.45) is 11.8 Å². The highest BCUT2D eigenvalue weighted by molar-refractivity contribution is 7.91. The van der Waals surface area contributed by atoms with Crippen LogP contribution in [0, 0.1) is 11.8 Å². The zero-order valence-corrected chi connectivity index (χ0v) is 21.1. The van der Waals surface area contributed by atoms with Gasteiger partial charge in [0, 0.05) is 37.8 Å². The van der Waals surface area contributed by atoms with Crippen molar-refractivity contribution in [1.29, 1.82) is 0 Å². The maximum Gasteiger partial charge on any atom is 0.251 e. The van der Waals surface area contributed by atoms with Gasteiger partial charge in [0.05, 0.1) is 17.2 Å². The number of hydrogen-bond donors (Lipinski definition) is 1. The van der Waals surface area contributed by atoms with Gasteiger partial charge in [-0.2, -0.15) is 4.31 Å². The molecule has 0 saturated carbocycles. The Kier molecular flexibility index (Phi) is 7.08. The second kappa shape index (κ2) is 9.54. The number of sulfone groups is 1. The van der Waals surface area contributed by atoms with Gasteiger partial charge in [-0.15, -0.1) is 0 Å². The Morgan fingerprint density at radius 3 is 2.15 bits per heavy atom. The summed E-state index contributed by atoms with van der Waals surface area (Å²) in [5.74, 6) is 0.675. The van der Waals surface area contributed by atoms with Gasteiger partial charge in [-0.1, -0.05) is 13.8 Å². The third-order valence-electron chi connectivity index (χ3n) is 7.27. The minimum Gasteiger partial charge on any atom is -0.370 e. The molecule has 184 valence electrons. The average Bonchev–Trinajstić information content (AvgIpc) is 3.12. The molecule has 0 aliphatic carbocycles. The van der Waals surface area contributed by atoms with E-state index in [2.05, 4.69) is 24.1 Å². The van der Waals surface area contributed by atoms with E-state index >= 15 is 0 Å². The average molecular weight is 498 g/mol. The Bertz CT molecular complexity index is 1090. The van der Waals surface area contributed by atoms with Gasteiger partial charge in [-0.25, -0.2) is 16.8 Å². The summed E-state index contributed by atoms with van der Waals surface area (Å²) in [7, 11) is -6.89. The SMILES string of the molecule is CC1CCN(c2ccc(C(=O)N[C@H]3CCS(=O)(=O)C3)cc2S(=O)(=O)N2CCC(C)CC2)CC1. The van der Waals surface area contributed by atoms with Crippen molar-refractivity contribution in [2.75, 3.05) is 42.6 Å². The molecule has 0 aromatic heterocycles. The van der Waals surface area contributed by atoms with Crippen LogP contribution in [0.1, 0.15) is 56.3 Å². The third-order valence-corrected chi connectivity index (χ3v) is 11.0. The smallest absolute Gasteiger partial charge is 0.251 e. The molecular weight excluding hydrogens is 462 g/mol. The van der Waals surface area contributed by atoms with Crippen LogP contribution in [0.3, 0.4) is 0 Å². The number of nitrogens with zero attached hydrogens (tertiary/aromatic N) is 2. The number of sulfonamides is 1.